The zero-order valence-corrected chi connectivity index (χ0v) is 13.7. The second-order valence-corrected chi connectivity index (χ2v) is 5.52. The Hall–Kier alpha value is -3.01. The molecule has 0 spiro atoms. The van der Waals surface area contributed by atoms with Crippen LogP contribution in [0, 0.1) is 0 Å². The largest absolute Gasteiger partial charge is 0.504 e. The van der Waals surface area contributed by atoms with Gasteiger partial charge in [0.05, 0.1) is 7.11 Å². The lowest BCUT2D eigenvalue weighted by atomic mass is 9.94. The first-order valence-electron chi connectivity index (χ1n) is 6.28. The predicted molar refractivity (Wildman–Crippen MR) is 86.7 cm³/mol. The first-order valence-corrected chi connectivity index (χ1v) is 7.07. The summed E-state index contributed by atoms with van der Waals surface area (Å²) >= 11 is 3.14. The summed E-state index contributed by atoms with van der Waals surface area (Å²) in [6.45, 7) is 0. The summed E-state index contributed by atoms with van der Waals surface area (Å²) in [5.74, 6) is -4.36. The highest BCUT2D eigenvalue weighted by molar-refractivity contribution is 9.10. The van der Waals surface area contributed by atoms with Gasteiger partial charge in [-0.2, -0.15) is 0 Å². The van der Waals surface area contributed by atoms with Crippen molar-refractivity contribution in [3.05, 3.63) is 38.1 Å². The van der Waals surface area contributed by atoms with Crippen LogP contribution < -0.4 is 16.0 Å². The maximum Gasteiger partial charge on any atom is 0.342 e. The number of rotatable bonds is 4. The molecule has 2 rings (SSSR count). The van der Waals surface area contributed by atoms with E-state index in [1.165, 1.54) is 19.2 Å². The number of aromatic amines is 1. The number of nitrogens with one attached hydrogen (secondary N) is 1. The van der Waals surface area contributed by atoms with Crippen LogP contribution in [0.1, 0.15) is 20.7 Å². The zero-order chi connectivity index (χ0) is 18.2. The molecular weight excluding hydrogens is 388 g/mol. The lowest BCUT2D eigenvalue weighted by Crippen LogP contribution is -2.24. The number of hydrogen-bond donors (Lipinski definition) is 5. The SMILES string of the molecule is COc1cc(Br)cc(-c2c(C(=O)O)c(N)[nH]c(=O)c2C(=O)O)c1O. The van der Waals surface area contributed by atoms with Gasteiger partial charge in [0.25, 0.3) is 5.56 Å². The average Bonchev–Trinajstić information content (AvgIpc) is 2.47. The number of halogens is 1. The Bertz CT molecular complexity index is 920. The van der Waals surface area contributed by atoms with Gasteiger partial charge in [0.15, 0.2) is 11.5 Å². The van der Waals surface area contributed by atoms with Crippen molar-refractivity contribution in [3.63, 3.8) is 0 Å². The van der Waals surface area contributed by atoms with Crippen molar-refractivity contribution in [1.82, 2.24) is 4.98 Å². The molecule has 0 saturated carbocycles. The third-order valence-corrected chi connectivity index (χ3v) is 3.66. The molecule has 0 unspecified atom stereocenters. The molecule has 1 aromatic carbocycles. The molecule has 0 aliphatic heterocycles. The number of pyridine rings is 1. The number of aromatic hydroxyl groups is 1. The van der Waals surface area contributed by atoms with Crippen molar-refractivity contribution in [1.29, 1.82) is 0 Å². The molecule has 0 amide bonds. The minimum Gasteiger partial charge on any atom is -0.504 e. The molecule has 2 aromatic rings. The molecule has 0 radical (unpaired) electrons. The molecule has 0 atom stereocenters. The topological polar surface area (TPSA) is 163 Å². The standard InChI is InChI=1S/C14H11BrN2O7/c1-24-6-3-4(15)2-5(10(6)18)7-8(13(20)21)11(16)17-12(19)9(7)14(22)23/h2-3,18H,1H3,(H,20,21)(H,22,23)(H3,16,17,19). The number of nitrogen functional groups attached to an aromatic ring is 1. The van der Waals surface area contributed by atoms with Gasteiger partial charge in [-0.15, -0.1) is 0 Å². The van der Waals surface area contributed by atoms with E-state index in [4.69, 9.17) is 10.5 Å². The number of phenols is 1. The number of benzene rings is 1. The van der Waals surface area contributed by atoms with E-state index in [-0.39, 0.29) is 11.3 Å². The fraction of sp³-hybridized carbons (Fsp3) is 0.0714. The van der Waals surface area contributed by atoms with Crippen LogP contribution in [-0.2, 0) is 0 Å². The number of H-pyrrole nitrogens is 1. The zero-order valence-electron chi connectivity index (χ0n) is 12.1. The molecule has 1 heterocycles. The van der Waals surface area contributed by atoms with Crippen molar-refractivity contribution >= 4 is 33.7 Å². The van der Waals surface area contributed by atoms with E-state index >= 15 is 0 Å². The number of phenolic OH excluding ortho intramolecular Hbond substituents is 1. The maximum atomic E-state index is 12.0. The number of carboxylic acids is 2. The summed E-state index contributed by atoms with van der Waals surface area (Å²) in [6, 6.07) is 2.64. The molecule has 10 heteroatoms. The summed E-state index contributed by atoms with van der Waals surface area (Å²) in [5.41, 5.74) is 2.17. The van der Waals surface area contributed by atoms with Gasteiger partial charge in [0.1, 0.15) is 16.9 Å². The number of aromatic nitrogens is 1. The number of hydrogen-bond acceptors (Lipinski definition) is 6. The summed E-state index contributed by atoms with van der Waals surface area (Å²) in [7, 11) is 1.26. The van der Waals surface area contributed by atoms with Crippen LogP contribution >= 0.6 is 15.9 Å². The highest BCUT2D eigenvalue weighted by Gasteiger charge is 2.29. The van der Waals surface area contributed by atoms with Gasteiger partial charge < -0.3 is 30.8 Å². The lowest BCUT2D eigenvalue weighted by Gasteiger charge is -2.15. The fourth-order valence-corrected chi connectivity index (χ4v) is 2.67. The number of carboxylic acid groups (broad SMARTS) is 2. The second-order valence-electron chi connectivity index (χ2n) is 4.61. The van der Waals surface area contributed by atoms with Crippen LogP contribution in [-0.4, -0.2) is 39.4 Å². The highest BCUT2D eigenvalue weighted by atomic mass is 79.9. The Morgan fingerprint density at radius 2 is 1.79 bits per heavy atom. The van der Waals surface area contributed by atoms with Crippen molar-refractivity contribution < 1.29 is 29.6 Å². The lowest BCUT2D eigenvalue weighted by molar-refractivity contribution is 0.0695. The molecule has 0 bridgehead atoms. The van der Waals surface area contributed by atoms with E-state index in [0.29, 0.717) is 4.47 Å². The Morgan fingerprint density at radius 1 is 1.21 bits per heavy atom. The van der Waals surface area contributed by atoms with Crippen molar-refractivity contribution in [3.8, 4) is 22.6 Å². The van der Waals surface area contributed by atoms with E-state index < -0.39 is 45.8 Å². The Balaban J connectivity index is 3.08. The highest BCUT2D eigenvalue weighted by Crippen LogP contribution is 2.42. The minimum absolute atomic E-state index is 0.0501. The summed E-state index contributed by atoms with van der Waals surface area (Å²) in [4.78, 5) is 37.0. The molecule has 24 heavy (non-hydrogen) atoms. The monoisotopic (exact) mass is 398 g/mol. The number of anilines is 1. The van der Waals surface area contributed by atoms with Gasteiger partial charge in [-0.3, -0.25) is 4.79 Å². The third kappa shape index (κ3) is 2.78. The minimum atomic E-state index is -1.67. The number of carbonyl (C=O) groups is 2. The molecule has 1 aromatic heterocycles. The van der Waals surface area contributed by atoms with Gasteiger partial charge in [0, 0.05) is 15.6 Å². The smallest absolute Gasteiger partial charge is 0.342 e. The van der Waals surface area contributed by atoms with E-state index in [2.05, 4.69) is 15.9 Å². The van der Waals surface area contributed by atoms with Crippen LogP contribution in [0.3, 0.4) is 0 Å². The quantitative estimate of drug-likeness (QED) is 0.516. The van der Waals surface area contributed by atoms with Crippen LogP contribution in [0.25, 0.3) is 11.1 Å². The molecule has 0 aliphatic carbocycles. The average molecular weight is 399 g/mol. The molecule has 0 fully saturated rings. The third-order valence-electron chi connectivity index (χ3n) is 3.20. The van der Waals surface area contributed by atoms with Crippen molar-refractivity contribution in [2.24, 2.45) is 0 Å². The number of ether oxygens (including phenoxy) is 1. The fourth-order valence-electron chi connectivity index (χ4n) is 2.24. The van der Waals surface area contributed by atoms with Crippen LogP contribution in [0.4, 0.5) is 5.82 Å². The van der Waals surface area contributed by atoms with Gasteiger partial charge in [-0.1, -0.05) is 15.9 Å². The Kier molecular flexibility index (Phi) is 4.51. The maximum absolute atomic E-state index is 12.0. The van der Waals surface area contributed by atoms with Gasteiger partial charge in [-0.25, -0.2) is 9.59 Å². The van der Waals surface area contributed by atoms with E-state index in [0.717, 1.165) is 0 Å². The molecule has 9 nitrogen and oxygen atoms in total. The van der Waals surface area contributed by atoms with Gasteiger partial charge in [-0.05, 0) is 12.1 Å². The molecule has 0 aliphatic rings. The van der Waals surface area contributed by atoms with Gasteiger partial charge >= 0.3 is 11.9 Å². The van der Waals surface area contributed by atoms with Crippen molar-refractivity contribution in [2.75, 3.05) is 12.8 Å². The molecule has 126 valence electrons. The molecular formula is C14H11BrN2O7. The Morgan fingerprint density at radius 3 is 2.29 bits per heavy atom. The molecule has 0 saturated heterocycles. The summed E-state index contributed by atoms with van der Waals surface area (Å²) in [5, 5.41) is 29.0. The summed E-state index contributed by atoms with van der Waals surface area (Å²) in [6.07, 6.45) is 0. The second kappa shape index (κ2) is 6.24. The molecule has 6 N–H and O–H groups in total. The summed E-state index contributed by atoms with van der Waals surface area (Å²) < 4.78 is 5.32. The number of aromatic carboxylic acids is 2. The van der Waals surface area contributed by atoms with Crippen LogP contribution in [0.2, 0.25) is 0 Å². The van der Waals surface area contributed by atoms with Gasteiger partial charge in [0.2, 0.25) is 0 Å². The predicted octanol–water partition coefficient (Wildman–Crippen LogP) is 1.50. The first kappa shape index (κ1) is 17.3. The Labute approximate surface area is 142 Å². The van der Waals surface area contributed by atoms with E-state index in [9.17, 15) is 29.7 Å². The normalized spacial score (nSPS) is 10.4. The van der Waals surface area contributed by atoms with Crippen molar-refractivity contribution in [2.45, 2.75) is 0 Å². The number of nitrogens with two attached hydrogens (primary N) is 1. The van der Waals surface area contributed by atoms with Crippen LogP contribution in [0.15, 0.2) is 21.4 Å². The number of methoxy groups -OCH3 is 1. The van der Waals surface area contributed by atoms with E-state index in [1.54, 1.807) is 0 Å². The van der Waals surface area contributed by atoms with E-state index in [1.807, 2.05) is 4.98 Å². The van der Waals surface area contributed by atoms with Crippen LogP contribution in [0.5, 0.6) is 11.5 Å². The first-order chi connectivity index (χ1) is 11.2.